The molecule has 0 heterocycles. The minimum Gasteiger partial charge on any atom is -0.423 e. The highest BCUT2D eigenvalue weighted by Crippen LogP contribution is 2.13. The summed E-state index contributed by atoms with van der Waals surface area (Å²) in [5, 5.41) is 3.78. The molecule has 0 radical (unpaired) electrons. The first-order valence-electron chi connectivity index (χ1n) is 9.09. The first-order valence-corrected chi connectivity index (χ1v) is 10.6. The molecule has 0 unspecified atom stereocenters. The number of nitrogens with one attached hydrogen (secondary N) is 1. The van der Waals surface area contributed by atoms with Crippen molar-refractivity contribution < 1.29 is 17.9 Å². The van der Waals surface area contributed by atoms with E-state index in [0.717, 1.165) is 11.1 Å². The molecular weight excluding hydrogens is 400 g/mol. The van der Waals surface area contributed by atoms with Gasteiger partial charge < -0.3 is 4.74 Å². The van der Waals surface area contributed by atoms with Crippen LogP contribution in [0.15, 0.2) is 94.9 Å². The Morgan fingerprint density at radius 3 is 2.23 bits per heavy atom. The zero-order valence-corrected chi connectivity index (χ0v) is 17.0. The average Bonchev–Trinajstić information content (AvgIpc) is 2.74. The maximum absolute atomic E-state index is 12.2. The molecule has 3 aromatic rings. The van der Waals surface area contributed by atoms with Crippen LogP contribution in [0.1, 0.15) is 16.7 Å². The number of hydrazone groups is 1. The maximum atomic E-state index is 12.2. The Labute approximate surface area is 175 Å². The summed E-state index contributed by atoms with van der Waals surface area (Å²) in [4.78, 5) is 14.2. The highest BCUT2D eigenvalue weighted by Gasteiger charge is 2.11. The van der Waals surface area contributed by atoms with Crippen molar-refractivity contribution in [1.82, 2.24) is 4.83 Å². The Morgan fingerprint density at radius 2 is 1.57 bits per heavy atom. The summed E-state index contributed by atoms with van der Waals surface area (Å²) in [6.45, 7) is 1.88. The van der Waals surface area contributed by atoms with Gasteiger partial charge in [-0.25, -0.2) is 9.63 Å². The van der Waals surface area contributed by atoms with Crippen LogP contribution in [-0.2, 0) is 14.8 Å². The molecule has 0 atom stereocenters. The summed E-state index contributed by atoms with van der Waals surface area (Å²) in [6.07, 6.45) is 4.39. The molecule has 0 aliphatic rings. The van der Waals surface area contributed by atoms with Crippen molar-refractivity contribution in [3.05, 3.63) is 102 Å². The van der Waals surface area contributed by atoms with Crippen LogP contribution in [0.25, 0.3) is 6.08 Å². The van der Waals surface area contributed by atoms with Crippen LogP contribution in [-0.4, -0.2) is 20.6 Å². The van der Waals surface area contributed by atoms with Gasteiger partial charge in [-0.1, -0.05) is 48.0 Å². The SMILES string of the molecule is Cc1ccc(S(=O)(=O)N/N=C\c2ccc(OC(=O)/C=C/c3ccccc3)cc2)cc1. The molecule has 0 amide bonds. The topological polar surface area (TPSA) is 84.8 Å². The van der Waals surface area contributed by atoms with Crippen LogP contribution >= 0.6 is 0 Å². The van der Waals surface area contributed by atoms with Crippen LogP contribution in [0.4, 0.5) is 0 Å². The monoisotopic (exact) mass is 420 g/mol. The lowest BCUT2D eigenvalue weighted by Gasteiger charge is -2.04. The van der Waals surface area contributed by atoms with Crippen molar-refractivity contribution in [3.63, 3.8) is 0 Å². The molecule has 30 heavy (non-hydrogen) atoms. The van der Waals surface area contributed by atoms with E-state index in [0.29, 0.717) is 11.3 Å². The van der Waals surface area contributed by atoms with E-state index in [9.17, 15) is 13.2 Å². The maximum Gasteiger partial charge on any atom is 0.336 e. The van der Waals surface area contributed by atoms with Gasteiger partial charge in [-0.3, -0.25) is 0 Å². The van der Waals surface area contributed by atoms with Crippen LogP contribution in [0, 0.1) is 6.92 Å². The molecule has 3 aromatic carbocycles. The molecule has 0 bridgehead atoms. The van der Waals surface area contributed by atoms with Gasteiger partial charge in [0.1, 0.15) is 5.75 Å². The summed E-state index contributed by atoms with van der Waals surface area (Å²) < 4.78 is 29.6. The van der Waals surface area contributed by atoms with E-state index in [1.807, 2.05) is 37.3 Å². The summed E-state index contributed by atoms with van der Waals surface area (Å²) in [7, 11) is -3.73. The number of esters is 1. The Kier molecular flexibility index (Phi) is 6.77. The molecular formula is C23H20N2O4S. The third kappa shape index (κ3) is 6.15. The fourth-order valence-electron chi connectivity index (χ4n) is 2.44. The van der Waals surface area contributed by atoms with E-state index in [4.69, 9.17) is 4.74 Å². The second kappa shape index (κ2) is 9.67. The zero-order valence-electron chi connectivity index (χ0n) is 16.2. The average molecular weight is 420 g/mol. The lowest BCUT2D eigenvalue weighted by atomic mass is 10.2. The lowest BCUT2D eigenvalue weighted by Crippen LogP contribution is -2.18. The second-order valence-electron chi connectivity index (χ2n) is 6.40. The van der Waals surface area contributed by atoms with Gasteiger partial charge >= 0.3 is 5.97 Å². The molecule has 1 N–H and O–H groups in total. The third-order valence-electron chi connectivity index (χ3n) is 4.03. The van der Waals surface area contributed by atoms with Gasteiger partial charge in [-0.05, 0) is 60.5 Å². The molecule has 7 heteroatoms. The minimum atomic E-state index is -3.73. The van der Waals surface area contributed by atoms with Crippen LogP contribution in [0.5, 0.6) is 5.75 Å². The number of hydrogen-bond acceptors (Lipinski definition) is 5. The van der Waals surface area contributed by atoms with Crippen molar-refractivity contribution in [3.8, 4) is 5.75 Å². The first kappa shape index (κ1) is 21.0. The standard InChI is InChI=1S/C23H20N2O4S/c1-18-7-14-22(15-8-18)30(27,28)25-24-17-20-9-12-21(13-10-20)29-23(26)16-11-19-5-3-2-4-6-19/h2-17,25H,1H3/b16-11+,24-17-. The number of benzene rings is 3. The van der Waals surface area contributed by atoms with Gasteiger partial charge in [-0.15, -0.1) is 0 Å². The molecule has 0 aromatic heterocycles. The van der Waals surface area contributed by atoms with E-state index in [2.05, 4.69) is 9.93 Å². The van der Waals surface area contributed by atoms with E-state index >= 15 is 0 Å². The van der Waals surface area contributed by atoms with Crippen molar-refractivity contribution in [2.24, 2.45) is 5.10 Å². The number of nitrogens with zero attached hydrogens (tertiary/aromatic N) is 1. The van der Waals surface area contributed by atoms with Crippen molar-refractivity contribution in [2.45, 2.75) is 11.8 Å². The van der Waals surface area contributed by atoms with Crippen LogP contribution in [0.3, 0.4) is 0 Å². The summed E-state index contributed by atoms with van der Waals surface area (Å²) in [5.41, 5.74) is 2.50. The Bertz CT molecular complexity index is 1150. The number of aryl methyl sites for hydroxylation is 1. The third-order valence-corrected chi connectivity index (χ3v) is 5.27. The van der Waals surface area contributed by atoms with Crippen molar-refractivity contribution >= 4 is 28.3 Å². The van der Waals surface area contributed by atoms with Gasteiger partial charge in [0.15, 0.2) is 0 Å². The second-order valence-corrected chi connectivity index (χ2v) is 8.06. The van der Waals surface area contributed by atoms with E-state index in [1.165, 1.54) is 24.4 Å². The van der Waals surface area contributed by atoms with E-state index in [1.54, 1.807) is 42.5 Å². The molecule has 152 valence electrons. The normalized spacial score (nSPS) is 11.6. The number of rotatable bonds is 7. The number of carbonyl (C=O) groups is 1. The van der Waals surface area contributed by atoms with E-state index in [-0.39, 0.29) is 4.90 Å². The van der Waals surface area contributed by atoms with Crippen molar-refractivity contribution in [2.75, 3.05) is 0 Å². The molecule has 0 fully saturated rings. The summed E-state index contributed by atoms with van der Waals surface area (Å²) in [5.74, 6) is -0.124. The van der Waals surface area contributed by atoms with Gasteiger partial charge in [0.05, 0.1) is 11.1 Å². The lowest BCUT2D eigenvalue weighted by molar-refractivity contribution is -0.128. The van der Waals surface area contributed by atoms with Gasteiger partial charge in [0, 0.05) is 6.08 Å². The molecule has 0 aliphatic carbocycles. The quantitative estimate of drug-likeness (QED) is 0.206. The molecule has 0 saturated carbocycles. The largest absolute Gasteiger partial charge is 0.423 e. The predicted octanol–water partition coefficient (Wildman–Crippen LogP) is 3.93. The number of hydrogen-bond donors (Lipinski definition) is 1. The smallest absolute Gasteiger partial charge is 0.336 e. The number of ether oxygens (including phenoxy) is 1. The fraction of sp³-hybridized carbons (Fsp3) is 0.0435. The first-order chi connectivity index (χ1) is 14.4. The fourth-order valence-corrected chi connectivity index (χ4v) is 3.23. The minimum absolute atomic E-state index is 0.135. The van der Waals surface area contributed by atoms with Gasteiger partial charge in [-0.2, -0.15) is 13.5 Å². The Hall–Kier alpha value is -3.71. The molecule has 0 spiro atoms. The number of carbonyl (C=O) groups excluding carboxylic acids is 1. The van der Waals surface area contributed by atoms with Gasteiger partial charge in [0.2, 0.25) is 0 Å². The zero-order chi connectivity index (χ0) is 21.4. The molecule has 6 nitrogen and oxygen atoms in total. The predicted molar refractivity (Wildman–Crippen MR) is 117 cm³/mol. The Balaban J connectivity index is 1.55. The van der Waals surface area contributed by atoms with Crippen LogP contribution in [0.2, 0.25) is 0 Å². The van der Waals surface area contributed by atoms with Crippen molar-refractivity contribution in [1.29, 1.82) is 0 Å². The molecule has 3 rings (SSSR count). The van der Waals surface area contributed by atoms with E-state index < -0.39 is 16.0 Å². The van der Waals surface area contributed by atoms with Crippen LogP contribution < -0.4 is 9.57 Å². The van der Waals surface area contributed by atoms with Gasteiger partial charge in [0.25, 0.3) is 10.0 Å². The number of sulfonamides is 1. The summed E-state index contributed by atoms with van der Waals surface area (Å²) in [6, 6.07) is 22.4. The summed E-state index contributed by atoms with van der Waals surface area (Å²) >= 11 is 0. The highest BCUT2D eigenvalue weighted by molar-refractivity contribution is 7.89. The molecule has 0 aliphatic heterocycles. The Morgan fingerprint density at radius 1 is 0.900 bits per heavy atom. The highest BCUT2D eigenvalue weighted by atomic mass is 32.2. The molecule has 0 saturated heterocycles.